The lowest BCUT2D eigenvalue weighted by Gasteiger charge is -2.17. The molecule has 7 nitrogen and oxygen atoms in total. The molecule has 1 aromatic carbocycles. The van der Waals surface area contributed by atoms with E-state index >= 15 is 0 Å². The first-order chi connectivity index (χ1) is 10.9. The summed E-state index contributed by atoms with van der Waals surface area (Å²) in [5.74, 6) is -2.27. The number of hydrogen-bond donors (Lipinski definition) is 2. The van der Waals surface area contributed by atoms with Crippen molar-refractivity contribution in [2.75, 3.05) is 0 Å². The molecule has 1 heterocycles. The fourth-order valence-corrected chi connectivity index (χ4v) is 1.91. The second-order valence-electron chi connectivity index (χ2n) is 5.19. The lowest BCUT2D eigenvalue weighted by Crippen LogP contribution is -2.41. The summed E-state index contributed by atoms with van der Waals surface area (Å²) in [6.07, 6.45) is 0. The number of nitrogens with one attached hydrogen (secondary N) is 1. The molecule has 2 atom stereocenters. The molecule has 0 spiro atoms. The van der Waals surface area contributed by atoms with Gasteiger partial charge in [-0.3, -0.25) is 14.4 Å². The van der Waals surface area contributed by atoms with E-state index in [1.165, 1.54) is 19.1 Å². The molecule has 7 heteroatoms. The Labute approximate surface area is 132 Å². The Morgan fingerprint density at radius 2 is 1.78 bits per heavy atom. The van der Waals surface area contributed by atoms with Gasteiger partial charge in [0.25, 0.3) is 11.5 Å². The highest BCUT2D eigenvalue weighted by Gasteiger charge is 2.22. The summed E-state index contributed by atoms with van der Waals surface area (Å²) in [5, 5.41) is 15.6. The van der Waals surface area contributed by atoms with E-state index in [-0.39, 0.29) is 11.3 Å². The number of aliphatic carboxylic acids is 1. The Balaban J connectivity index is 2.26. The molecular formula is C16H17N3O4. The third kappa shape index (κ3) is 3.82. The van der Waals surface area contributed by atoms with Crippen molar-refractivity contribution in [1.82, 2.24) is 15.1 Å². The van der Waals surface area contributed by atoms with E-state index in [0.29, 0.717) is 5.69 Å². The standard InChI is InChI=1S/C16H17N3O4/c1-10(16(22)23)11(2)17-15(21)13-8-9-14(20)19(18-13)12-6-4-3-5-7-12/h3-11H,1-2H3,(H,17,21)(H,22,23). The molecule has 1 amide bonds. The van der Waals surface area contributed by atoms with Crippen LogP contribution in [0.15, 0.2) is 47.3 Å². The fourth-order valence-electron chi connectivity index (χ4n) is 1.91. The monoisotopic (exact) mass is 315 g/mol. The van der Waals surface area contributed by atoms with Crippen molar-refractivity contribution in [2.45, 2.75) is 19.9 Å². The molecule has 0 fully saturated rings. The van der Waals surface area contributed by atoms with Gasteiger partial charge in [0.15, 0.2) is 0 Å². The molecule has 2 N–H and O–H groups in total. The zero-order chi connectivity index (χ0) is 17.0. The second-order valence-corrected chi connectivity index (χ2v) is 5.19. The van der Waals surface area contributed by atoms with Crippen molar-refractivity contribution in [1.29, 1.82) is 0 Å². The Hall–Kier alpha value is -2.96. The highest BCUT2D eigenvalue weighted by molar-refractivity contribution is 5.92. The van der Waals surface area contributed by atoms with Crippen LogP contribution >= 0.6 is 0 Å². The Kier molecular flexibility index (Phi) is 4.90. The van der Waals surface area contributed by atoms with Crippen LogP contribution < -0.4 is 10.9 Å². The van der Waals surface area contributed by atoms with Crippen molar-refractivity contribution in [3.8, 4) is 5.69 Å². The van der Waals surface area contributed by atoms with Crippen LogP contribution in [0.4, 0.5) is 0 Å². The van der Waals surface area contributed by atoms with E-state index in [4.69, 9.17) is 5.11 Å². The minimum Gasteiger partial charge on any atom is -0.481 e. The highest BCUT2D eigenvalue weighted by Crippen LogP contribution is 2.05. The predicted molar refractivity (Wildman–Crippen MR) is 83.6 cm³/mol. The lowest BCUT2D eigenvalue weighted by molar-refractivity contribution is -0.141. The van der Waals surface area contributed by atoms with Crippen molar-refractivity contribution >= 4 is 11.9 Å². The number of carbonyl (C=O) groups is 2. The molecule has 0 saturated heterocycles. The molecule has 0 bridgehead atoms. The molecule has 0 aliphatic rings. The summed E-state index contributed by atoms with van der Waals surface area (Å²) in [5.41, 5.74) is 0.219. The first-order valence-corrected chi connectivity index (χ1v) is 7.09. The summed E-state index contributed by atoms with van der Waals surface area (Å²) in [6.45, 7) is 3.11. The molecule has 0 aliphatic heterocycles. The molecule has 23 heavy (non-hydrogen) atoms. The molecular weight excluding hydrogens is 298 g/mol. The maximum absolute atomic E-state index is 12.2. The van der Waals surface area contributed by atoms with Gasteiger partial charge in [-0.1, -0.05) is 18.2 Å². The summed E-state index contributed by atoms with van der Waals surface area (Å²) in [7, 11) is 0. The van der Waals surface area contributed by atoms with E-state index < -0.39 is 23.8 Å². The summed E-state index contributed by atoms with van der Waals surface area (Å²) < 4.78 is 1.13. The van der Waals surface area contributed by atoms with Crippen molar-refractivity contribution < 1.29 is 14.7 Å². The van der Waals surface area contributed by atoms with Crippen LogP contribution in [0.2, 0.25) is 0 Å². The number of rotatable bonds is 5. The van der Waals surface area contributed by atoms with Crippen LogP contribution in [0.1, 0.15) is 24.3 Å². The molecule has 2 rings (SSSR count). The van der Waals surface area contributed by atoms with Gasteiger partial charge in [-0.05, 0) is 32.0 Å². The van der Waals surface area contributed by atoms with Gasteiger partial charge in [0.2, 0.25) is 0 Å². The van der Waals surface area contributed by atoms with Gasteiger partial charge >= 0.3 is 5.97 Å². The number of hydrogen-bond acceptors (Lipinski definition) is 4. The van der Waals surface area contributed by atoms with Gasteiger partial charge in [-0.25, -0.2) is 0 Å². The molecule has 120 valence electrons. The Morgan fingerprint density at radius 1 is 1.13 bits per heavy atom. The molecule has 1 aromatic heterocycles. The normalized spacial score (nSPS) is 13.1. The van der Waals surface area contributed by atoms with Gasteiger partial charge < -0.3 is 10.4 Å². The number of carboxylic acids is 1. The summed E-state index contributed by atoms with van der Waals surface area (Å²) >= 11 is 0. The first kappa shape index (κ1) is 16.4. The van der Waals surface area contributed by atoms with Gasteiger partial charge in [0.05, 0.1) is 11.6 Å². The van der Waals surface area contributed by atoms with Crippen molar-refractivity contribution in [3.05, 3.63) is 58.5 Å². The zero-order valence-corrected chi connectivity index (χ0v) is 12.8. The maximum atomic E-state index is 12.2. The van der Waals surface area contributed by atoms with E-state index in [1.807, 2.05) is 0 Å². The zero-order valence-electron chi connectivity index (χ0n) is 12.8. The molecule has 0 aliphatic carbocycles. The SMILES string of the molecule is CC(NC(=O)c1ccc(=O)n(-c2ccccc2)n1)C(C)C(=O)O. The number of benzene rings is 1. The van der Waals surface area contributed by atoms with Gasteiger partial charge in [-0.15, -0.1) is 0 Å². The van der Waals surface area contributed by atoms with Crippen LogP contribution in [0.5, 0.6) is 0 Å². The van der Waals surface area contributed by atoms with E-state index in [0.717, 1.165) is 4.68 Å². The third-order valence-electron chi connectivity index (χ3n) is 3.53. The van der Waals surface area contributed by atoms with E-state index in [2.05, 4.69) is 10.4 Å². The molecule has 2 aromatic rings. The van der Waals surface area contributed by atoms with Crippen LogP contribution in [0.25, 0.3) is 5.69 Å². The lowest BCUT2D eigenvalue weighted by atomic mass is 10.0. The van der Waals surface area contributed by atoms with Gasteiger partial charge in [0.1, 0.15) is 5.69 Å². The number of amides is 1. The number of carbonyl (C=O) groups excluding carboxylic acids is 1. The number of carboxylic acid groups (broad SMARTS) is 1. The maximum Gasteiger partial charge on any atom is 0.308 e. The molecule has 0 radical (unpaired) electrons. The average molecular weight is 315 g/mol. The average Bonchev–Trinajstić information content (AvgIpc) is 2.55. The Morgan fingerprint density at radius 3 is 2.39 bits per heavy atom. The minimum absolute atomic E-state index is 0.0397. The second kappa shape index (κ2) is 6.87. The van der Waals surface area contributed by atoms with E-state index in [9.17, 15) is 14.4 Å². The Bertz CT molecular complexity index is 770. The highest BCUT2D eigenvalue weighted by atomic mass is 16.4. The number of nitrogens with zero attached hydrogens (tertiary/aromatic N) is 2. The first-order valence-electron chi connectivity index (χ1n) is 7.09. The third-order valence-corrected chi connectivity index (χ3v) is 3.53. The fraction of sp³-hybridized carbons (Fsp3) is 0.250. The van der Waals surface area contributed by atoms with Gasteiger partial charge in [-0.2, -0.15) is 9.78 Å². The quantitative estimate of drug-likeness (QED) is 0.859. The van der Waals surface area contributed by atoms with Crippen molar-refractivity contribution in [3.63, 3.8) is 0 Å². The van der Waals surface area contributed by atoms with E-state index in [1.54, 1.807) is 37.3 Å². The van der Waals surface area contributed by atoms with Crippen LogP contribution in [-0.2, 0) is 4.79 Å². The molecule has 0 saturated carbocycles. The topological polar surface area (TPSA) is 101 Å². The van der Waals surface area contributed by atoms with Gasteiger partial charge in [0, 0.05) is 12.1 Å². The predicted octanol–water partition coefficient (Wildman–Crippen LogP) is 1.07. The van der Waals surface area contributed by atoms with Crippen LogP contribution in [0.3, 0.4) is 0 Å². The largest absolute Gasteiger partial charge is 0.481 e. The summed E-state index contributed by atoms with van der Waals surface area (Å²) in [6, 6.07) is 10.7. The molecule has 2 unspecified atom stereocenters. The van der Waals surface area contributed by atoms with Crippen molar-refractivity contribution in [2.24, 2.45) is 5.92 Å². The smallest absolute Gasteiger partial charge is 0.308 e. The minimum atomic E-state index is -1.000. The number of aromatic nitrogens is 2. The number of para-hydroxylation sites is 1. The van der Waals surface area contributed by atoms with Crippen LogP contribution in [-0.4, -0.2) is 32.8 Å². The van der Waals surface area contributed by atoms with Crippen LogP contribution in [0, 0.1) is 5.92 Å². The summed E-state index contributed by atoms with van der Waals surface area (Å²) in [4.78, 5) is 35.0.